The molecule has 2 N–H and O–H groups in total. The molecule has 0 aliphatic carbocycles. The van der Waals surface area contributed by atoms with Crippen molar-refractivity contribution in [2.75, 3.05) is 10.6 Å². The number of nitrogens with zero attached hydrogens (tertiary/aromatic N) is 1. The minimum absolute atomic E-state index is 0.338. The standard InChI is InChI=1S/C14H9BrClN3OS/c15-8-1-6-11-12(7-8)21-14(18-11)19-13(20)17-10-4-2-9(16)3-5-10/h1-7H,(H2,17,18,19,20). The molecule has 4 nitrogen and oxygen atoms in total. The van der Waals surface area contributed by atoms with Gasteiger partial charge in [0.05, 0.1) is 10.2 Å². The summed E-state index contributed by atoms with van der Waals surface area (Å²) in [4.78, 5) is 16.3. The van der Waals surface area contributed by atoms with E-state index < -0.39 is 0 Å². The molecule has 3 aromatic rings. The Morgan fingerprint density at radius 2 is 1.90 bits per heavy atom. The molecule has 1 aromatic heterocycles. The first-order valence-electron chi connectivity index (χ1n) is 6.00. The van der Waals surface area contributed by atoms with Crippen LogP contribution in [-0.4, -0.2) is 11.0 Å². The van der Waals surface area contributed by atoms with Crippen LogP contribution in [0.1, 0.15) is 0 Å². The number of carbonyl (C=O) groups excluding carboxylic acids is 1. The minimum Gasteiger partial charge on any atom is -0.308 e. The predicted octanol–water partition coefficient (Wildman–Crippen LogP) is 5.36. The number of benzene rings is 2. The molecule has 2 aromatic carbocycles. The summed E-state index contributed by atoms with van der Waals surface area (Å²) in [6.45, 7) is 0. The number of hydrogen-bond donors (Lipinski definition) is 2. The van der Waals surface area contributed by atoms with Crippen molar-refractivity contribution in [1.29, 1.82) is 0 Å². The maximum Gasteiger partial charge on any atom is 0.325 e. The number of rotatable bonds is 2. The molecule has 0 saturated carbocycles. The van der Waals surface area contributed by atoms with Gasteiger partial charge in [0.25, 0.3) is 0 Å². The van der Waals surface area contributed by atoms with Crippen LogP contribution in [0.4, 0.5) is 15.6 Å². The van der Waals surface area contributed by atoms with E-state index in [9.17, 15) is 4.79 Å². The molecule has 21 heavy (non-hydrogen) atoms. The lowest BCUT2D eigenvalue weighted by Crippen LogP contribution is -2.19. The Morgan fingerprint density at radius 1 is 1.14 bits per heavy atom. The number of thiazole rings is 1. The summed E-state index contributed by atoms with van der Waals surface area (Å²) in [5.74, 6) is 0. The van der Waals surface area contributed by atoms with Crippen LogP contribution in [0.25, 0.3) is 10.2 Å². The van der Waals surface area contributed by atoms with Crippen molar-refractivity contribution in [2.45, 2.75) is 0 Å². The summed E-state index contributed by atoms with van der Waals surface area (Å²) in [7, 11) is 0. The fourth-order valence-corrected chi connectivity index (χ4v) is 3.28. The van der Waals surface area contributed by atoms with E-state index in [2.05, 4.69) is 31.5 Å². The topological polar surface area (TPSA) is 54.0 Å². The number of amides is 2. The highest BCUT2D eigenvalue weighted by Gasteiger charge is 2.08. The van der Waals surface area contributed by atoms with Crippen LogP contribution >= 0.6 is 38.9 Å². The van der Waals surface area contributed by atoms with Gasteiger partial charge in [-0.25, -0.2) is 9.78 Å². The number of urea groups is 1. The summed E-state index contributed by atoms with van der Waals surface area (Å²) in [5, 5.41) is 6.62. The van der Waals surface area contributed by atoms with Crippen molar-refractivity contribution < 1.29 is 4.79 Å². The zero-order valence-corrected chi connectivity index (χ0v) is 13.7. The van der Waals surface area contributed by atoms with Gasteiger partial charge in [-0.2, -0.15) is 0 Å². The first-order valence-corrected chi connectivity index (χ1v) is 7.98. The second-order valence-electron chi connectivity index (χ2n) is 4.22. The lowest BCUT2D eigenvalue weighted by molar-refractivity contribution is 0.262. The highest BCUT2D eigenvalue weighted by molar-refractivity contribution is 9.10. The monoisotopic (exact) mass is 381 g/mol. The van der Waals surface area contributed by atoms with Crippen molar-refractivity contribution in [3.05, 3.63) is 52.0 Å². The summed E-state index contributed by atoms with van der Waals surface area (Å²) < 4.78 is 1.99. The highest BCUT2D eigenvalue weighted by atomic mass is 79.9. The maximum absolute atomic E-state index is 11.9. The Hall–Kier alpha value is -1.63. The van der Waals surface area contributed by atoms with Gasteiger partial charge in [-0.15, -0.1) is 0 Å². The lowest BCUT2D eigenvalue weighted by Gasteiger charge is -2.04. The van der Waals surface area contributed by atoms with Gasteiger partial charge in [-0.3, -0.25) is 5.32 Å². The minimum atomic E-state index is -0.338. The second-order valence-corrected chi connectivity index (χ2v) is 6.60. The number of carbonyl (C=O) groups is 1. The quantitative estimate of drug-likeness (QED) is 0.627. The third kappa shape index (κ3) is 3.53. The Bertz CT molecular complexity index is 804. The van der Waals surface area contributed by atoms with E-state index >= 15 is 0 Å². The van der Waals surface area contributed by atoms with Crippen LogP contribution in [0.2, 0.25) is 5.02 Å². The molecular weight excluding hydrogens is 374 g/mol. The van der Waals surface area contributed by atoms with Crippen LogP contribution in [0.15, 0.2) is 46.9 Å². The van der Waals surface area contributed by atoms with Gasteiger partial charge in [0.2, 0.25) is 0 Å². The molecule has 0 aliphatic rings. The molecule has 0 atom stereocenters. The third-order valence-electron chi connectivity index (χ3n) is 2.67. The number of halogens is 2. The van der Waals surface area contributed by atoms with Crippen LogP contribution < -0.4 is 10.6 Å². The van der Waals surface area contributed by atoms with Crippen LogP contribution in [0, 0.1) is 0 Å². The highest BCUT2D eigenvalue weighted by Crippen LogP contribution is 2.28. The Balaban J connectivity index is 1.72. The summed E-state index contributed by atoms with van der Waals surface area (Å²) in [5.41, 5.74) is 1.52. The molecule has 0 radical (unpaired) electrons. The average Bonchev–Trinajstić information content (AvgIpc) is 2.82. The first-order chi connectivity index (χ1) is 10.1. The molecule has 0 fully saturated rings. The Labute approximate surface area is 138 Å². The zero-order valence-electron chi connectivity index (χ0n) is 10.6. The maximum atomic E-state index is 11.9. The molecule has 2 amide bonds. The van der Waals surface area contributed by atoms with Gasteiger partial charge in [0.15, 0.2) is 5.13 Å². The number of aromatic nitrogens is 1. The molecule has 0 spiro atoms. The molecule has 0 unspecified atom stereocenters. The largest absolute Gasteiger partial charge is 0.325 e. The van der Waals surface area contributed by atoms with Crippen molar-refractivity contribution in [3.8, 4) is 0 Å². The molecule has 0 bridgehead atoms. The number of anilines is 2. The van der Waals surface area contributed by atoms with Crippen molar-refractivity contribution in [1.82, 2.24) is 4.98 Å². The van der Waals surface area contributed by atoms with Gasteiger partial charge < -0.3 is 5.32 Å². The summed E-state index contributed by atoms with van der Waals surface area (Å²) in [6, 6.07) is 12.3. The Morgan fingerprint density at radius 3 is 2.67 bits per heavy atom. The summed E-state index contributed by atoms with van der Waals surface area (Å²) >= 11 is 10.6. The van der Waals surface area contributed by atoms with Crippen LogP contribution in [0.3, 0.4) is 0 Å². The SMILES string of the molecule is O=C(Nc1ccc(Cl)cc1)Nc1nc2ccc(Br)cc2s1. The van der Waals surface area contributed by atoms with Crippen molar-refractivity contribution in [2.24, 2.45) is 0 Å². The van der Waals surface area contributed by atoms with Crippen molar-refractivity contribution >= 4 is 65.9 Å². The van der Waals surface area contributed by atoms with Gasteiger partial charge in [-0.05, 0) is 42.5 Å². The fraction of sp³-hybridized carbons (Fsp3) is 0. The number of hydrogen-bond acceptors (Lipinski definition) is 3. The van der Waals surface area contributed by atoms with Crippen molar-refractivity contribution in [3.63, 3.8) is 0 Å². The molecule has 0 aliphatic heterocycles. The number of fused-ring (bicyclic) bond motifs is 1. The zero-order chi connectivity index (χ0) is 14.8. The average molecular weight is 383 g/mol. The number of nitrogens with one attached hydrogen (secondary N) is 2. The first kappa shape index (κ1) is 14.3. The van der Waals surface area contributed by atoms with E-state index in [0.29, 0.717) is 15.8 Å². The van der Waals surface area contributed by atoms with E-state index in [-0.39, 0.29) is 6.03 Å². The van der Waals surface area contributed by atoms with E-state index in [0.717, 1.165) is 14.7 Å². The van der Waals surface area contributed by atoms with E-state index in [4.69, 9.17) is 11.6 Å². The molecule has 1 heterocycles. The molecule has 3 rings (SSSR count). The normalized spacial score (nSPS) is 10.6. The van der Waals surface area contributed by atoms with Crippen LogP contribution in [0.5, 0.6) is 0 Å². The smallest absolute Gasteiger partial charge is 0.308 e. The van der Waals surface area contributed by atoms with Gasteiger partial charge in [-0.1, -0.05) is 38.9 Å². The van der Waals surface area contributed by atoms with E-state index in [1.165, 1.54) is 11.3 Å². The molecule has 0 saturated heterocycles. The molecule has 106 valence electrons. The van der Waals surface area contributed by atoms with Gasteiger partial charge in [0.1, 0.15) is 0 Å². The Kier molecular flexibility index (Phi) is 4.10. The van der Waals surface area contributed by atoms with E-state index in [1.807, 2.05) is 18.2 Å². The van der Waals surface area contributed by atoms with Gasteiger partial charge in [0, 0.05) is 15.2 Å². The lowest BCUT2D eigenvalue weighted by atomic mass is 10.3. The molecular formula is C14H9BrClN3OS. The fourth-order valence-electron chi connectivity index (χ4n) is 1.74. The van der Waals surface area contributed by atoms with Crippen LogP contribution in [-0.2, 0) is 0 Å². The molecule has 7 heteroatoms. The third-order valence-corrected chi connectivity index (χ3v) is 4.35. The second kappa shape index (κ2) is 6.01. The van der Waals surface area contributed by atoms with Gasteiger partial charge >= 0.3 is 6.03 Å². The predicted molar refractivity (Wildman–Crippen MR) is 91.4 cm³/mol. The van der Waals surface area contributed by atoms with E-state index in [1.54, 1.807) is 24.3 Å². The summed E-state index contributed by atoms with van der Waals surface area (Å²) in [6.07, 6.45) is 0.